The maximum absolute atomic E-state index is 12.6. The largest absolute Gasteiger partial charge is 0.465 e. The summed E-state index contributed by atoms with van der Waals surface area (Å²) < 4.78 is 4.67. The number of hydrogen-bond acceptors (Lipinski definition) is 6. The molecule has 28 heavy (non-hydrogen) atoms. The molecule has 0 unspecified atom stereocenters. The smallest absolute Gasteiger partial charge is 0.337 e. The molecule has 0 spiro atoms. The fraction of sp³-hybridized carbons (Fsp3) is 0.143. The molecule has 7 nitrogen and oxygen atoms in total. The minimum Gasteiger partial charge on any atom is -0.465 e. The third kappa shape index (κ3) is 4.32. The van der Waals surface area contributed by atoms with Crippen molar-refractivity contribution in [2.24, 2.45) is 0 Å². The normalized spacial score (nSPS) is 10.2. The summed E-state index contributed by atoms with van der Waals surface area (Å²) in [6, 6.07) is 14.0. The molecule has 1 amide bonds. The number of carbonyl (C=O) groups is 2. The van der Waals surface area contributed by atoms with E-state index in [2.05, 4.69) is 25.3 Å². The molecule has 2 N–H and O–H groups in total. The first-order valence-corrected chi connectivity index (χ1v) is 8.64. The van der Waals surface area contributed by atoms with Crippen LogP contribution in [-0.2, 0) is 4.74 Å². The van der Waals surface area contributed by atoms with Crippen molar-refractivity contribution < 1.29 is 14.3 Å². The van der Waals surface area contributed by atoms with Gasteiger partial charge in [-0.15, -0.1) is 0 Å². The molecular weight excluding hydrogens is 356 g/mol. The van der Waals surface area contributed by atoms with Gasteiger partial charge in [0.2, 0.25) is 5.95 Å². The van der Waals surface area contributed by atoms with Gasteiger partial charge in [-0.2, -0.15) is 0 Å². The number of carbonyl (C=O) groups excluding carboxylic acids is 2. The molecule has 0 fully saturated rings. The standard InChI is InChI=1S/C21H20N4O3/c1-13-5-4-6-14(2)18(13)25-19(26)17-11-12-22-21(24-17)23-16-9-7-15(8-10-16)20(27)28-3/h4-12H,1-3H3,(H,25,26)(H,22,23,24). The van der Waals surface area contributed by atoms with E-state index in [1.54, 1.807) is 30.3 Å². The average Bonchev–Trinajstić information content (AvgIpc) is 2.71. The summed E-state index contributed by atoms with van der Waals surface area (Å²) in [6.45, 7) is 3.88. The monoisotopic (exact) mass is 376 g/mol. The van der Waals surface area contributed by atoms with Gasteiger partial charge in [0.25, 0.3) is 5.91 Å². The second-order valence-electron chi connectivity index (χ2n) is 6.18. The van der Waals surface area contributed by atoms with Crippen LogP contribution in [0.1, 0.15) is 32.0 Å². The summed E-state index contributed by atoms with van der Waals surface area (Å²) in [5, 5.41) is 5.92. The number of anilines is 3. The van der Waals surface area contributed by atoms with E-state index in [9.17, 15) is 9.59 Å². The maximum Gasteiger partial charge on any atom is 0.337 e. The van der Waals surface area contributed by atoms with E-state index in [0.717, 1.165) is 16.8 Å². The zero-order valence-electron chi connectivity index (χ0n) is 15.8. The summed E-state index contributed by atoms with van der Waals surface area (Å²) >= 11 is 0. The Hall–Kier alpha value is -3.74. The van der Waals surface area contributed by atoms with Crippen LogP contribution in [-0.4, -0.2) is 29.0 Å². The molecule has 3 rings (SSSR count). The summed E-state index contributed by atoms with van der Waals surface area (Å²) in [5.74, 6) is -0.447. The summed E-state index contributed by atoms with van der Waals surface area (Å²) in [4.78, 5) is 32.5. The van der Waals surface area contributed by atoms with Crippen LogP contribution in [0.5, 0.6) is 0 Å². The van der Waals surface area contributed by atoms with Gasteiger partial charge in [0.05, 0.1) is 12.7 Å². The van der Waals surface area contributed by atoms with Crippen molar-refractivity contribution in [2.75, 3.05) is 17.7 Å². The maximum atomic E-state index is 12.6. The number of amides is 1. The average molecular weight is 376 g/mol. The highest BCUT2D eigenvalue weighted by molar-refractivity contribution is 6.03. The predicted octanol–water partition coefficient (Wildman–Crippen LogP) is 3.88. The Labute approximate surface area is 162 Å². The molecule has 1 heterocycles. The minimum absolute atomic E-state index is 0.242. The van der Waals surface area contributed by atoms with Crippen molar-refractivity contribution in [1.82, 2.24) is 9.97 Å². The van der Waals surface area contributed by atoms with Crippen molar-refractivity contribution >= 4 is 29.2 Å². The third-order valence-electron chi connectivity index (χ3n) is 4.17. The number of aryl methyl sites for hydroxylation is 2. The number of benzene rings is 2. The molecule has 0 aliphatic heterocycles. The van der Waals surface area contributed by atoms with Crippen molar-refractivity contribution in [3.63, 3.8) is 0 Å². The number of rotatable bonds is 5. The molecular formula is C21H20N4O3. The molecule has 0 radical (unpaired) electrons. The van der Waals surface area contributed by atoms with Gasteiger partial charge in [-0.05, 0) is 55.3 Å². The molecule has 0 saturated carbocycles. The topological polar surface area (TPSA) is 93.2 Å². The van der Waals surface area contributed by atoms with E-state index < -0.39 is 5.97 Å². The second-order valence-corrected chi connectivity index (χ2v) is 6.18. The predicted molar refractivity (Wildman–Crippen MR) is 107 cm³/mol. The lowest BCUT2D eigenvalue weighted by Crippen LogP contribution is -2.16. The lowest BCUT2D eigenvalue weighted by atomic mass is 10.1. The van der Waals surface area contributed by atoms with E-state index in [4.69, 9.17) is 0 Å². The Kier molecular flexibility index (Phi) is 5.64. The molecule has 0 atom stereocenters. The molecule has 7 heteroatoms. The van der Waals surface area contributed by atoms with Gasteiger partial charge in [0.1, 0.15) is 5.69 Å². The van der Waals surface area contributed by atoms with Gasteiger partial charge in [0, 0.05) is 17.6 Å². The van der Waals surface area contributed by atoms with Gasteiger partial charge in [-0.1, -0.05) is 18.2 Å². The lowest BCUT2D eigenvalue weighted by molar-refractivity contribution is 0.0600. The van der Waals surface area contributed by atoms with Crippen LogP contribution < -0.4 is 10.6 Å². The molecule has 3 aromatic rings. The SMILES string of the molecule is COC(=O)c1ccc(Nc2nccc(C(=O)Nc3c(C)cccc3C)n2)cc1. The van der Waals surface area contributed by atoms with Crippen molar-refractivity contribution in [2.45, 2.75) is 13.8 Å². The Morgan fingerprint density at radius 3 is 2.29 bits per heavy atom. The molecule has 0 bridgehead atoms. The zero-order chi connectivity index (χ0) is 20.1. The number of esters is 1. The number of ether oxygens (including phenoxy) is 1. The summed E-state index contributed by atoms with van der Waals surface area (Å²) in [5.41, 5.74) is 4.10. The Morgan fingerprint density at radius 1 is 0.964 bits per heavy atom. The first-order valence-electron chi connectivity index (χ1n) is 8.64. The Bertz CT molecular complexity index is 996. The Morgan fingerprint density at radius 2 is 1.64 bits per heavy atom. The number of methoxy groups -OCH3 is 1. The van der Waals surface area contributed by atoms with Crippen LogP contribution in [0.2, 0.25) is 0 Å². The quantitative estimate of drug-likeness (QED) is 0.657. The fourth-order valence-electron chi connectivity index (χ4n) is 2.67. The van der Waals surface area contributed by atoms with Crippen LogP contribution in [0.4, 0.5) is 17.3 Å². The van der Waals surface area contributed by atoms with E-state index in [-0.39, 0.29) is 17.5 Å². The highest BCUT2D eigenvalue weighted by Gasteiger charge is 2.12. The van der Waals surface area contributed by atoms with E-state index in [1.807, 2.05) is 32.0 Å². The number of nitrogens with one attached hydrogen (secondary N) is 2. The van der Waals surface area contributed by atoms with Crippen molar-refractivity contribution in [1.29, 1.82) is 0 Å². The van der Waals surface area contributed by atoms with Crippen LogP contribution >= 0.6 is 0 Å². The third-order valence-corrected chi connectivity index (χ3v) is 4.17. The second kappa shape index (κ2) is 8.30. The van der Waals surface area contributed by atoms with E-state index >= 15 is 0 Å². The number of hydrogen-bond donors (Lipinski definition) is 2. The minimum atomic E-state index is -0.409. The first kappa shape index (κ1) is 19.0. The molecule has 1 aromatic heterocycles. The van der Waals surface area contributed by atoms with E-state index in [0.29, 0.717) is 11.3 Å². The summed E-state index contributed by atoms with van der Waals surface area (Å²) in [7, 11) is 1.33. The van der Waals surface area contributed by atoms with Gasteiger partial charge in [-0.3, -0.25) is 4.79 Å². The number of nitrogens with zero attached hydrogens (tertiary/aromatic N) is 2. The fourth-order valence-corrected chi connectivity index (χ4v) is 2.67. The van der Waals surface area contributed by atoms with Crippen molar-refractivity contribution in [3.05, 3.63) is 77.1 Å². The highest BCUT2D eigenvalue weighted by Crippen LogP contribution is 2.20. The molecule has 142 valence electrons. The molecule has 2 aromatic carbocycles. The van der Waals surface area contributed by atoms with Gasteiger partial charge in [0.15, 0.2) is 0 Å². The molecule has 0 aliphatic rings. The highest BCUT2D eigenvalue weighted by atomic mass is 16.5. The lowest BCUT2D eigenvalue weighted by Gasteiger charge is -2.11. The Balaban J connectivity index is 1.75. The van der Waals surface area contributed by atoms with E-state index in [1.165, 1.54) is 13.3 Å². The van der Waals surface area contributed by atoms with Crippen LogP contribution in [0.3, 0.4) is 0 Å². The van der Waals surface area contributed by atoms with Crippen LogP contribution in [0, 0.1) is 13.8 Å². The van der Waals surface area contributed by atoms with Crippen molar-refractivity contribution in [3.8, 4) is 0 Å². The summed E-state index contributed by atoms with van der Waals surface area (Å²) in [6.07, 6.45) is 1.51. The van der Waals surface area contributed by atoms with Gasteiger partial charge < -0.3 is 15.4 Å². The van der Waals surface area contributed by atoms with Gasteiger partial charge >= 0.3 is 5.97 Å². The van der Waals surface area contributed by atoms with Crippen LogP contribution in [0.25, 0.3) is 0 Å². The molecule has 0 aliphatic carbocycles. The zero-order valence-corrected chi connectivity index (χ0v) is 15.8. The first-order chi connectivity index (χ1) is 13.5. The van der Waals surface area contributed by atoms with Crippen LogP contribution in [0.15, 0.2) is 54.7 Å². The number of para-hydroxylation sites is 1. The molecule has 0 saturated heterocycles. The van der Waals surface area contributed by atoms with Gasteiger partial charge in [-0.25, -0.2) is 14.8 Å². The number of aromatic nitrogens is 2.